The van der Waals surface area contributed by atoms with Crippen molar-refractivity contribution in [2.24, 2.45) is 0 Å². The third-order valence-electron chi connectivity index (χ3n) is 2.93. The first-order valence-electron chi connectivity index (χ1n) is 6.70. The first-order valence-corrected chi connectivity index (χ1v) is 6.70. The molecule has 6 nitrogen and oxygen atoms in total. The predicted octanol–water partition coefficient (Wildman–Crippen LogP) is 2.39. The number of benzene rings is 1. The van der Waals surface area contributed by atoms with Crippen molar-refractivity contribution in [3.05, 3.63) is 42.2 Å². The number of hydrogen-bond donors (Lipinski definition) is 3. The summed E-state index contributed by atoms with van der Waals surface area (Å²) < 4.78 is 39.3. The van der Waals surface area contributed by atoms with Crippen molar-refractivity contribution in [3.8, 4) is 5.69 Å². The van der Waals surface area contributed by atoms with Crippen molar-refractivity contribution in [3.63, 3.8) is 0 Å². The molecule has 9 heteroatoms. The summed E-state index contributed by atoms with van der Waals surface area (Å²) >= 11 is 0. The molecule has 0 aliphatic heterocycles. The standard InChI is InChI=1S/C14H15F3N4O2/c1-9(8-22)19-13(23)20-11-6-18-21(7-11)12-4-2-3-10(5-12)14(15,16)17/h2-7,9,22H,8H2,1H3,(H2,19,20,23). The first-order chi connectivity index (χ1) is 10.8. The van der Waals surface area contributed by atoms with Gasteiger partial charge < -0.3 is 15.7 Å². The lowest BCUT2D eigenvalue weighted by Crippen LogP contribution is -2.38. The number of aliphatic hydroxyl groups is 1. The van der Waals surface area contributed by atoms with Gasteiger partial charge in [-0.1, -0.05) is 6.07 Å². The lowest BCUT2D eigenvalue weighted by Gasteiger charge is -2.10. The van der Waals surface area contributed by atoms with E-state index >= 15 is 0 Å². The number of nitrogens with zero attached hydrogens (tertiary/aromatic N) is 2. The fraction of sp³-hybridized carbons (Fsp3) is 0.286. The van der Waals surface area contributed by atoms with E-state index in [-0.39, 0.29) is 12.3 Å². The number of urea groups is 1. The van der Waals surface area contributed by atoms with Gasteiger partial charge in [-0.15, -0.1) is 0 Å². The molecule has 1 aromatic carbocycles. The number of rotatable bonds is 4. The molecule has 23 heavy (non-hydrogen) atoms. The van der Waals surface area contributed by atoms with Crippen LogP contribution in [0.3, 0.4) is 0 Å². The second kappa shape index (κ2) is 6.69. The van der Waals surface area contributed by atoms with Crippen LogP contribution >= 0.6 is 0 Å². The maximum Gasteiger partial charge on any atom is 0.416 e. The van der Waals surface area contributed by atoms with E-state index in [0.717, 1.165) is 12.1 Å². The average Bonchev–Trinajstić information content (AvgIpc) is 2.94. The third-order valence-corrected chi connectivity index (χ3v) is 2.93. The van der Waals surface area contributed by atoms with Crippen molar-refractivity contribution in [2.45, 2.75) is 19.1 Å². The van der Waals surface area contributed by atoms with Crippen molar-refractivity contribution < 1.29 is 23.1 Å². The van der Waals surface area contributed by atoms with Crippen LogP contribution in [-0.2, 0) is 6.18 Å². The Balaban J connectivity index is 2.12. The van der Waals surface area contributed by atoms with E-state index in [1.54, 1.807) is 6.92 Å². The number of anilines is 1. The van der Waals surface area contributed by atoms with Crippen LogP contribution in [-0.4, -0.2) is 33.6 Å². The Kier molecular flexibility index (Phi) is 4.89. The summed E-state index contributed by atoms with van der Waals surface area (Å²) in [5, 5.41) is 17.7. The molecule has 1 heterocycles. The zero-order valence-corrected chi connectivity index (χ0v) is 12.1. The normalized spacial score (nSPS) is 12.7. The highest BCUT2D eigenvalue weighted by Crippen LogP contribution is 2.30. The van der Waals surface area contributed by atoms with Gasteiger partial charge in [0, 0.05) is 0 Å². The summed E-state index contributed by atoms with van der Waals surface area (Å²) in [7, 11) is 0. The third kappa shape index (κ3) is 4.46. The van der Waals surface area contributed by atoms with Gasteiger partial charge in [0.2, 0.25) is 0 Å². The number of nitrogens with one attached hydrogen (secondary N) is 2. The number of alkyl halides is 3. The minimum absolute atomic E-state index is 0.211. The molecule has 0 saturated carbocycles. The number of aliphatic hydroxyl groups excluding tert-OH is 1. The molecule has 1 atom stereocenters. The predicted molar refractivity (Wildman–Crippen MR) is 77.3 cm³/mol. The second-order valence-electron chi connectivity index (χ2n) is 4.90. The Bertz CT molecular complexity index is 685. The Morgan fingerprint density at radius 1 is 1.43 bits per heavy atom. The Labute approximate surface area is 129 Å². The summed E-state index contributed by atoms with van der Waals surface area (Å²) in [4.78, 5) is 11.6. The molecule has 0 radical (unpaired) electrons. The molecule has 1 unspecified atom stereocenters. The minimum atomic E-state index is -4.44. The number of carbonyl (C=O) groups excluding carboxylic acids is 1. The number of amides is 2. The molecule has 0 saturated heterocycles. The van der Waals surface area contributed by atoms with Gasteiger partial charge in [-0.3, -0.25) is 0 Å². The monoisotopic (exact) mass is 328 g/mol. The molecule has 124 valence electrons. The highest BCUT2D eigenvalue weighted by molar-refractivity contribution is 5.89. The molecular weight excluding hydrogens is 313 g/mol. The van der Waals surface area contributed by atoms with Crippen LogP contribution in [0.15, 0.2) is 36.7 Å². The van der Waals surface area contributed by atoms with Crippen LogP contribution < -0.4 is 10.6 Å². The molecule has 2 rings (SSSR count). The summed E-state index contributed by atoms with van der Waals surface area (Å²) in [6.45, 7) is 1.41. The van der Waals surface area contributed by atoms with E-state index in [9.17, 15) is 18.0 Å². The van der Waals surface area contributed by atoms with Crippen molar-refractivity contribution in [1.29, 1.82) is 0 Å². The van der Waals surface area contributed by atoms with Gasteiger partial charge in [-0.05, 0) is 25.1 Å². The smallest absolute Gasteiger partial charge is 0.394 e. The van der Waals surface area contributed by atoms with Gasteiger partial charge in [-0.25, -0.2) is 9.48 Å². The fourth-order valence-electron chi connectivity index (χ4n) is 1.79. The number of aromatic nitrogens is 2. The lowest BCUT2D eigenvalue weighted by atomic mass is 10.2. The van der Waals surface area contributed by atoms with Crippen molar-refractivity contribution in [1.82, 2.24) is 15.1 Å². The van der Waals surface area contributed by atoms with Gasteiger partial charge in [0.15, 0.2) is 0 Å². The zero-order valence-electron chi connectivity index (χ0n) is 12.1. The van der Waals surface area contributed by atoms with Gasteiger partial charge in [0.05, 0.1) is 42.0 Å². The number of halogens is 3. The van der Waals surface area contributed by atoms with Gasteiger partial charge in [0.25, 0.3) is 0 Å². The van der Waals surface area contributed by atoms with E-state index in [2.05, 4.69) is 15.7 Å². The second-order valence-corrected chi connectivity index (χ2v) is 4.90. The van der Waals surface area contributed by atoms with E-state index in [1.165, 1.54) is 29.2 Å². The number of carbonyl (C=O) groups is 1. The topological polar surface area (TPSA) is 79.2 Å². The van der Waals surface area contributed by atoms with Crippen LogP contribution in [0.25, 0.3) is 5.69 Å². The van der Waals surface area contributed by atoms with Crippen LogP contribution in [0, 0.1) is 0 Å². The maximum absolute atomic E-state index is 12.7. The maximum atomic E-state index is 12.7. The molecule has 3 N–H and O–H groups in total. The van der Waals surface area contributed by atoms with Gasteiger partial charge in [-0.2, -0.15) is 18.3 Å². The highest BCUT2D eigenvalue weighted by atomic mass is 19.4. The van der Waals surface area contributed by atoms with E-state index in [0.29, 0.717) is 5.69 Å². The van der Waals surface area contributed by atoms with Crippen LogP contribution in [0.2, 0.25) is 0 Å². The molecule has 2 amide bonds. The van der Waals surface area contributed by atoms with Gasteiger partial charge >= 0.3 is 12.2 Å². The molecule has 0 aliphatic rings. The average molecular weight is 328 g/mol. The Morgan fingerprint density at radius 2 is 2.17 bits per heavy atom. The summed E-state index contributed by atoms with van der Waals surface area (Å²) in [6.07, 6.45) is -1.74. The lowest BCUT2D eigenvalue weighted by molar-refractivity contribution is -0.137. The quantitative estimate of drug-likeness (QED) is 0.806. The zero-order chi connectivity index (χ0) is 17.0. The molecule has 1 aromatic heterocycles. The fourth-order valence-corrected chi connectivity index (χ4v) is 1.79. The minimum Gasteiger partial charge on any atom is -0.394 e. The van der Waals surface area contributed by atoms with E-state index in [4.69, 9.17) is 5.11 Å². The largest absolute Gasteiger partial charge is 0.416 e. The van der Waals surface area contributed by atoms with E-state index in [1.807, 2.05) is 0 Å². The summed E-state index contributed by atoms with van der Waals surface area (Å²) in [5.41, 5.74) is -0.253. The SMILES string of the molecule is CC(CO)NC(=O)Nc1cnn(-c2cccc(C(F)(F)F)c2)c1. The molecule has 0 spiro atoms. The van der Waals surface area contributed by atoms with Crippen molar-refractivity contribution >= 4 is 11.7 Å². The molecular formula is C14H15F3N4O2. The summed E-state index contributed by atoms with van der Waals surface area (Å²) in [5.74, 6) is 0. The number of hydrogen-bond acceptors (Lipinski definition) is 3. The summed E-state index contributed by atoms with van der Waals surface area (Å²) in [6, 6.07) is 3.71. The van der Waals surface area contributed by atoms with Crippen LogP contribution in [0.4, 0.5) is 23.7 Å². The van der Waals surface area contributed by atoms with Crippen LogP contribution in [0.1, 0.15) is 12.5 Å². The molecule has 0 fully saturated rings. The Morgan fingerprint density at radius 3 is 2.83 bits per heavy atom. The highest BCUT2D eigenvalue weighted by Gasteiger charge is 2.30. The molecule has 2 aromatic rings. The van der Waals surface area contributed by atoms with E-state index < -0.39 is 23.8 Å². The molecule has 0 aliphatic carbocycles. The first kappa shape index (κ1) is 16.8. The van der Waals surface area contributed by atoms with Crippen LogP contribution in [0.5, 0.6) is 0 Å². The molecule has 0 bridgehead atoms. The Hall–Kier alpha value is -2.55. The van der Waals surface area contributed by atoms with Gasteiger partial charge in [0.1, 0.15) is 0 Å². The van der Waals surface area contributed by atoms with Crippen molar-refractivity contribution in [2.75, 3.05) is 11.9 Å².